The van der Waals surface area contributed by atoms with E-state index in [1.54, 1.807) is 0 Å². The number of alkyl halides is 3. The van der Waals surface area contributed by atoms with Gasteiger partial charge in [0.05, 0.1) is 11.3 Å². The number of urea groups is 1. The van der Waals surface area contributed by atoms with Crippen LogP contribution in [0.25, 0.3) is 0 Å². The van der Waals surface area contributed by atoms with Crippen molar-refractivity contribution in [2.75, 3.05) is 5.32 Å². The van der Waals surface area contributed by atoms with Crippen molar-refractivity contribution in [2.45, 2.75) is 32.0 Å². The summed E-state index contributed by atoms with van der Waals surface area (Å²) in [6, 6.07) is 13.9. The zero-order chi connectivity index (χ0) is 17.6. The third-order valence-electron chi connectivity index (χ3n) is 3.57. The summed E-state index contributed by atoms with van der Waals surface area (Å²) < 4.78 is 38.7. The minimum atomic E-state index is -4.51. The summed E-state index contributed by atoms with van der Waals surface area (Å²) in [6.45, 7) is 1.82. The maximum Gasteiger partial charge on any atom is 0.418 e. The number of amides is 2. The van der Waals surface area contributed by atoms with E-state index in [0.717, 1.165) is 18.1 Å². The van der Waals surface area contributed by atoms with Gasteiger partial charge in [0.25, 0.3) is 0 Å². The number of rotatable bonds is 5. The molecular weight excluding hydrogens is 317 g/mol. The first-order valence-corrected chi connectivity index (χ1v) is 7.64. The van der Waals surface area contributed by atoms with Crippen LogP contribution >= 0.6 is 0 Å². The molecule has 3 nitrogen and oxygen atoms in total. The molecule has 1 atom stereocenters. The van der Waals surface area contributed by atoms with Crippen LogP contribution in [0, 0.1) is 0 Å². The molecule has 2 aromatic carbocycles. The van der Waals surface area contributed by atoms with Gasteiger partial charge in [0.1, 0.15) is 0 Å². The van der Waals surface area contributed by atoms with Gasteiger partial charge >= 0.3 is 12.2 Å². The molecule has 0 unspecified atom stereocenters. The SMILES string of the molecule is C[C@H](CCc1ccccc1)NC(=O)Nc1ccccc1C(F)(F)F. The van der Waals surface area contributed by atoms with Gasteiger partial charge in [-0.3, -0.25) is 0 Å². The molecule has 24 heavy (non-hydrogen) atoms. The lowest BCUT2D eigenvalue weighted by atomic mass is 10.1. The Morgan fingerprint density at radius 3 is 2.33 bits per heavy atom. The van der Waals surface area contributed by atoms with E-state index in [1.807, 2.05) is 37.3 Å². The van der Waals surface area contributed by atoms with Gasteiger partial charge in [-0.15, -0.1) is 0 Å². The van der Waals surface area contributed by atoms with Gasteiger partial charge in [-0.25, -0.2) is 4.79 Å². The first-order chi connectivity index (χ1) is 11.4. The third-order valence-corrected chi connectivity index (χ3v) is 3.57. The van der Waals surface area contributed by atoms with E-state index in [0.29, 0.717) is 6.42 Å². The van der Waals surface area contributed by atoms with E-state index >= 15 is 0 Å². The lowest BCUT2D eigenvalue weighted by Crippen LogP contribution is -2.36. The van der Waals surface area contributed by atoms with Crippen molar-refractivity contribution in [3.8, 4) is 0 Å². The Bertz CT molecular complexity index is 671. The second-order valence-corrected chi connectivity index (χ2v) is 5.57. The van der Waals surface area contributed by atoms with Crippen LogP contribution in [0.2, 0.25) is 0 Å². The molecule has 0 spiro atoms. The van der Waals surface area contributed by atoms with Crippen molar-refractivity contribution in [1.29, 1.82) is 0 Å². The predicted octanol–water partition coefficient (Wildman–Crippen LogP) is 4.85. The zero-order valence-corrected chi connectivity index (χ0v) is 13.2. The van der Waals surface area contributed by atoms with E-state index < -0.39 is 17.8 Å². The van der Waals surface area contributed by atoms with Crippen molar-refractivity contribution in [2.24, 2.45) is 0 Å². The molecule has 0 heterocycles. The molecular formula is C18H19F3N2O. The standard InChI is InChI=1S/C18H19F3N2O/c1-13(11-12-14-7-3-2-4-8-14)22-17(24)23-16-10-6-5-9-15(16)18(19,20)21/h2-10,13H,11-12H2,1H3,(H2,22,23,24)/t13-/m1/s1. The Kier molecular flexibility index (Phi) is 5.84. The summed E-state index contributed by atoms with van der Waals surface area (Å²) in [7, 11) is 0. The molecule has 128 valence electrons. The number of benzene rings is 2. The summed E-state index contributed by atoms with van der Waals surface area (Å²) in [6.07, 6.45) is -3.04. The van der Waals surface area contributed by atoms with Gasteiger partial charge in [0.2, 0.25) is 0 Å². The molecule has 0 aliphatic rings. The summed E-state index contributed by atoms with van der Waals surface area (Å²) in [5.74, 6) is 0. The first kappa shape index (κ1) is 17.8. The van der Waals surface area contributed by atoms with Gasteiger partial charge < -0.3 is 10.6 Å². The number of nitrogens with one attached hydrogen (secondary N) is 2. The van der Waals surface area contributed by atoms with Gasteiger partial charge in [-0.2, -0.15) is 13.2 Å². The highest BCUT2D eigenvalue weighted by Gasteiger charge is 2.33. The van der Waals surface area contributed by atoms with Crippen LogP contribution in [0.1, 0.15) is 24.5 Å². The molecule has 0 aliphatic heterocycles. The summed E-state index contributed by atoms with van der Waals surface area (Å²) in [5, 5.41) is 4.94. The number of carbonyl (C=O) groups excluding carboxylic acids is 1. The average Bonchev–Trinajstić information content (AvgIpc) is 2.53. The summed E-state index contributed by atoms with van der Waals surface area (Å²) in [5.41, 5.74) is 0.0313. The van der Waals surface area contributed by atoms with Crippen LogP contribution in [-0.2, 0) is 12.6 Å². The second kappa shape index (κ2) is 7.86. The van der Waals surface area contributed by atoms with E-state index in [-0.39, 0.29) is 11.7 Å². The van der Waals surface area contributed by atoms with Crippen LogP contribution in [-0.4, -0.2) is 12.1 Å². The predicted molar refractivity (Wildman–Crippen MR) is 87.8 cm³/mol. The number of aryl methyl sites for hydroxylation is 1. The van der Waals surface area contributed by atoms with Crippen LogP contribution in [0.3, 0.4) is 0 Å². The third kappa shape index (κ3) is 5.30. The molecule has 2 amide bonds. The lowest BCUT2D eigenvalue weighted by Gasteiger charge is -2.17. The van der Waals surface area contributed by atoms with E-state index in [4.69, 9.17) is 0 Å². The Hall–Kier alpha value is -2.50. The summed E-state index contributed by atoms with van der Waals surface area (Å²) >= 11 is 0. The topological polar surface area (TPSA) is 41.1 Å². The van der Waals surface area contributed by atoms with Crippen LogP contribution in [0.4, 0.5) is 23.7 Å². The molecule has 6 heteroatoms. The molecule has 0 radical (unpaired) electrons. The molecule has 2 aromatic rings. The quantitative estimate of drug-likeness (QED) is 0.805. The fraction of sp³-hybridized carbons (Fsp3) is 0.278. The van der Waals surface area contributed by atoms with Crippen molar-refractivity contribution in [3.05, 3.63) is 65.7 Å². The average molecular weight is 336 g/mol. The molecule has 2 rings (SSSR count). The molecule has 0 fully saturated rings. The normalized spacial score (nSPS) is 12.5. The Labute approximate surface area is 138 Å². The van der Waals surface area contributed by atoms with Gasteiger partial charge in [0, 0.05) is 6.04 Å². The van der Waals surface area contributed by atoms with Crippen LogP contribution < -0.4 is 10.6 Å². The number of hydrogen-bond acceptors (Lipinski definition) is 1. The molecule has 0 saturated heterocycles. The first-order valence-electron chi connectivity index (χ1n) is 7.64. The van der Waals surface area contributed by atoms with Gasteiger partial charge in [-0.05, 0) is 37.5 Å². The minimum Gasteiger partial charge on any atom is -0.335 e. The molecule has 0 aliphatic carbocycles. The second-order valence-electron chi connectivity index (χ2n) is 5.57. The smallest absolute Gasteiger partial charge is 0.335 e. The van der Waals surface area contributed by atoms with Crippen molar-refractivity contribution < 1.29 is 18.0 Å². The van der Waals surface area contributed by atoms with Crippen molar-refractivity contribution in [1.82, 2.24) is 5.32 Å². The Balaban J connectivity index is 1.89. The number of halogens is 3. The molecule has 0 bridgehead atoms. The highest BCUT2D eigenvalue weighted by atomic mass is 19.4. The van der Waals surface area contributed by atoms with Gasteiger partial charge in [-0.1, -0.05) is 42.5 Å². The van der Waals surface area contributed by atoms with Crippen molar-refractivity contribution >= 4 is 11.7 Å². The minimum absolute atomic E-state index is 0.164. The molecule has 0 aromatic heterocycles. The summed E-state index contributed by atoms with van der Waals surface area (Å²) in [4.78, 5) is 11.9. The highest BCUT2D eigenvalue weighted by Crippen LogP contribution is 2.34. The lowest BCUT2D eigenvalue weighted by molar-refractivity contribution is -0.136. The van der Waals surface area contributed by atoms with E-state index in [1.165, 1.54) is 18.2 Å². The van der Waals surface area contributed by atoms with Crippen LogP contribution in [0.5, 0.6) is 0 Å². The molecule has 2 N–H and O–H groups in total. The largest absolute Gasteiger partial charge is 0.418 e. The number of para-hydroxylation sites is 1. The van der Waals surface area contributed by atoms with E-state index in [9.17, 15) is 18.0 Å². The maximum absolute atomic E-state index is 12.9. The van der Waals surface area contributed by atoms with Crippen molar-refractivity contribution in [3.63, 3.8) is 0 Å². The monoisotopic (exact) mass is 336 g/mol. The van der Waals surface area contributed by atoms with Crippen LogP contribution in [0.15, 0.2) is 54.6 Å². The maximum atomic E-state index is 12.9. The fourth-order valence-corrected chi connectivity index (χ4v) is 2.32. The fourth-order valence-electron chi connectivity index (χ4n) is 2.32. The Morgan fingerprint density at radius 2 is 1.67 bits per heavy atom. The Morgan fingerprint density at radius 1 is 1.04 bits per heavy atom. The number of anilines is 1. The highest BCUT2D eigenvalue weighted by molar-refractivity contribution is 5.90. The van der Waals surface area contributed by atoms with Gasteiger partial charge in [0.15, 0.2) is 0 Å². The number of carbonyl (C=O) groups is 1. The van der Waals surface area contributed by atoms with E-state index in [2.05, 4.69) is 10.6 Å². The number of hydrogen-bond donors (Lipinski definition) is 2. The molecule has 0 saturated carbocycles. The zero-order valence-electron chi connectivity index (χ0n) is 13.2.